The summed E-state index contributed by atoms with van der Waals surface area (Å²) in [5.41, 5.74) is 0.628. The van der Waals surface area contributed by atoms with E-state index in [0.29, 0.717) is 18.5 Å². The molecule has 0 aromatic heterocycles. The molecule has 5 heteroatoms. The van der Waals surface area contributed by atoms with E-state index in [1.807, 2.05) is 6.07 Å². The van der Waals surface area contributed by atoms with Crippen LogP contribution in [0.4, 0.5) is 0 Å². The van der Waals surface area contributed by atoms with E-state index in [1.54, 1.807) is 29.2 Å². The maximum Gasteiger partial charge on any atom is 0.325 e. The van der Waals surface area contributed by atoms with Gasteiger partial charge in [-0.2, -0.15) is 0 Å². The molecule has 1 aliphatic heterocycles. The zero-order chi connectivity index (χ0) is 13.8. The van der Waals surface area contributed by atoms with Crippen LogP contribution in [-0.4, -0.2) is 39.6 Å². The zero-order valence-corrected chi connectivity index (χ0v) is 10.5. The molecule has 0 spiro atoms. The highest BCUT2D eigenvalue weighted by molar-refractivity contribution is 5.78. The quantitative estimate of drug-likeness (QED) is 0.865. The first-order chi connectivity index (χ1) is 9.11. The number of piperidine rings is 1. The normalized spacial score (nSPS) is 21.8. The Hall–Kier alpha value is -1.88. The fourth-order valence-electron chi connectivity index (χ4n) is 2.64. The van der Waals surface area contributed by atoms with Crippen LogP contribution in [0.2, 0.25) is 0 Å². The van der Waals surface area contributed by atoms with Crippen molar-refractivity contribution in [3.8, 4) is 0 Å². The van der Waals surface area contributed by atoms with Gasteiger partial charge in [-0.15, -0.1) is 0 Å². The van der Waals surface area contributed by atoms with Crippen molar-refractivity contribution in [2.45, 2.75) is 31.3 Å². The lowest BCUT2D eigenvalue weighted by Gasteiger charge is -2.37. The summed E-state index contributed by atoms with van der Waals surface area (Å²) in [5.74, 6) is -1.94. The highest BCUT2D eigenvalue weighted by Crippen LogP contribution is 2.29. The number of benzene rings is 1. The number of nitrogens with zero attached hydrogens (tertiary/aromatic N) is 1. The first kappa shape index (κ1) is 13.5. The van der Waals surface area contributed by atoms with Gasteiger partial charge >= 0.3 is 11.9 Å². The van der Waals surface area contributed by atoms with Crippen LogP contribution >= 0.6 is 0 Å². The first-order valence-electron chi connectivity index (χ1n) is 6.37. The molecular formula is C14H17NO4. The van der Waals surface area contributed by atoms with Crippen LogP contribution < -0.4 is 0 Å². The second kappa shape index (κ2) is 5.84. The summed E-state index contributed by atoms with van der Waals surface area (Å²) in [6, 6.07) is 7.21. The lowest BCUT2D eigenvalue weighted by atomic mass is 9.96. The van der Waals surface area contributed by atoms with Crippen molar-refractivity contribution < 1.29 is 19.8 Å². The number of rotatable bonds is 4. The van der Waals surface area contributed by atoms with E-state index in [-0.39, 0.29) is 0 Å². The van der Waals surface area contributed by atoms with Gasteiger partial charge in [0.25, 0.3) is 0 Å². The molecule has 0 aliphatic carbocycles. The fraction of sp³-hybridized carbons (Fsp3) is 0.429. The molecule has 0 radical (unpaired) electrons. The molecule has 1 saturated heterocycles. The predicted molar refractivity (Wildman–Crippen MR) is 68.8 cm³/mol. The molecule has 5 nitrogen and oxygen atoms in total. The van der Waals surface area contributed by atoms with E-state index >= 15 is 0 Å². The van der Waals surface area contributed by atoms with Crippen molar-refractivity contribution in [3.05, 3.63) is 35.9 Å². The van der Waals surface area contributed by atoms with E-state index in [2.05, 4.69) is 0 Å². The second-order valence-electron chi connectivity index (χ2n) is 4.74. The summed E-state index contributed by atoms with van der Waals surface area (Å²) >= 11 is 0. The Morgan fingerprint density at radius 3 is 2.42 bits per heavy atom. The number of likely N-dealkylation sites (tertiary alicyclic amines) is 1. The van der Waals surface area contributed by atoms with Crippen molar-refractivity contribution >= 4 is 11.9 Å². The highest BCUT2D eigenvalue weighted by atomic mass is 16.4. The monoisotopic (exact) mass is 263 g/mol. The third-order valence-corrected chi connectivity index (χ3v) is 3.51. The van der Waals surface area contributed by atoms with Crippen molar-refractivity contribution in [3.63, 3.8) is 0 Å². The number of hydrogen-bond acceptors (Lipinski definition) is 3. The van der Waals surface area contributed by atoms with Gasteiger partial charge in [0.1, 0.15) is 12.1 Å². The van der Waals surface area contributed by atoms with Gasteiger partial charge in [-0.3, -0.25) is 14.5 Å². The summed E-state index contributed by atoms with van der Waals surface area (Å²) in [6.07, 6.45) is 2.17. The third kappa shape index (κ3) is 2.93. The summed E-state index contributed by atoms with van der Waals surface area (Å²) in [5, 5.41) is 18.7. The second-order valence-corrected chi connectivity index (χ2v) is 4.74. The van der Waals surface area contributed by atoms with Gasteiger partial charge in [0.2, 0.25) is 0 Å². The average molecular weight is 263 g/mol. The Labute approximate surface area is 111 Å². The lowest BCUT2D eigenvalue weighted by molar-refractivity contribution is -0.152. The van der Waals surface area contributed by atoms with Crippen molar-refractivity contribution in [1.29, 1.82) is 0 Å². The Morgan fingerprint density at radius 2 is 1.84 bits per heavy atom. The predicted octanol–water partition coefficient (Wildman–Crippen LogP) is 1.75. The molecule has 1 heterocycles. The maximum absolute atomic E-state index is 11.5. The van der Waals surface area contributed by atoms with Crippen LogP contribution in [0.15, 0.2) is 30.3 Å². The highest BCUT2D eigenvalue weighted by Gasteiger charge is 2.37. The maximum atomic E-state index is 11.5. The fourth-order valence-corrected chi connectivity index (χ4v) is 2.64. The molecular weight excluding hydrogens is 246 g/mol. The van der Waals surface area contributed by atoms with E-state index in [1.165, 1.54) is 0 Å². The van der Waals surface area contributed by atoms with Crippen molar-refractivity contribution in [2.75, 3.05) is 6.54 Å². The topological polar surface area (TPSA) is 77.8 Å². The molecule has 1 aromatic rings. The Balaban J connectivity index is 2.32. The van der Waals surface area contributed by atoms with Crippen LogP contribution in [0, 0.1) is 0 Å². The van der Waals surface area contributed by atoms with Crippen LogP contribution in [0.1, 0.15) is 30.9 Å². The Kier molecular flexibility index (Phi) is 4.16. The van der Waals surface area contributed by atoms with Gasteiger partial charge in [-0.25, -0.2) is 0 Å². The first-order valence-corrected chi connectivity index (χ1v) is 6.37. The van der Waals surface area contributed by atoms with E-state index in [9.17, 15) is 19.8 Å². The van der Waals surface area contributed by atoms with E-state index in [4.69, 9.17) is 0 Å². The van der Waals surface area contributed by atoms with E-state index in [0.717, 1.165) is 12.8 Å². The molecule has 2 N–H and O–H groups in total. The number of carboxylic acids is 2. The number of carbonyl (C=O) groups is 2. The summed E-state index contributed by atoms with van der Waals surface area (Å²) in [4.78, 5) is 24.4. The minimum atomic E-state index is -1.00. The third-order valence-electron chi connectivity index (χ3n) is 3.51. The molecule has 1 aliphatic rings. The molecule has 19 heavy (non-hydrogen) atoms. The van der Waals surface area contributed by atoms with Crippen molar-refractivity contribution in [1.82, 2.24) is 4.90 Å². The van der Waals surface area contributed by atoms with Gasteiger partial charge in [-0.1, -0.05) is 36.8 Å². The molecule has 0 amide bonds. The van der Waals surface area contributed by atoms with Gasteiger partial charge in [0.05, 0.1) is 0 Å². The molecule has 2 unspecified atom stereocenters. The minimum Gasteiger partial charge on any atom is -0.480 e. The molecule has 0 saturated carbocycles. The van der Waals surface area contributed by atoms with Gasteiger partial charge in [-0.05, 0) is 18.4 Å². The van der Waals surface area contributed by atoms with Gasteiger partial charge in [0, 0.05) is 6.54 Å². The number of aliphatic carboxylic acids is 2. The number of hydrogen-bond donors (Lipinski definition) is 2. The molecule has 102 valence electrons. The lowest BCUT2D eigenvalue weighted by Crippen LogP contribution is -2.48. The molecule has 0 bridgehead atoms. The zero-order valence-electron chi connectivity index (χ0n) is 10.5. The minimum absolute atomic E-state index is 0.503. The molecule has 1 fully saturated rings. The average Bonchev–Trinajstić information content (AvgIpc) is 2.40. The summed E-state index contributed by atoms with van der Waals surface area (Å²) in [7, 11) is 0. The summed E-state index contributed by atoms with van der Waals surface area (Å²) in [6.45, 7) is 0.503. The van der Waals surface area contributed by atoms with Crippen molar-refractivity contribution in [2.24, 2.45) is 0 Å². The summed E-state index contributed by atoms with van der Waals surface area (Å²) < 4.78 is 0. The smallest absolute Gasteiger partial charge is 0.325 e. The Bertz CT molecular complexity index is 460. The molecule has 1 aromatic carbocycles. The molecule has 2 rings (SSSR count). The number of carboxylic acid groups (broad SMARTS) is 2. The van der Waals surface area contributed by atoms with Crippen LogP contribution in [0.25, 0.3) is 0 Å². The molecule has 2 atom stereocenters. The van der Waals surface area contributed by atoms with E-state index < -0.39 is 24.0 Å². The van der Waals surface area contributed by atoms with Gasteiger partial charge < -0.3 is 10.2 Å². The largest absolute Gasteiger partial charge is 0.480 e. The standard InChI is InChI=1S/C14H17NO4/c16-13(17)11-8-4-5-9-15(11)12(14(18)19)10-6-2-1-3-7-10/h1-3,6-7,11-12H,4-5,8-9H2,(H,16,17)(H,18,19). The van der Waals surface area contributed by atoms with Gasteiger partial charge in [0.15, 0.2) is 0 Å². The SMILES string of the molecule is O=C(O)C1CCCCN1C(C(=O)O)c1ccccc1. The van der Waals surface area contributed by atoms with Crippen LogP contribution in [-0.2, 0) is 9.59 Å². The van der Waals surface area contributed by atoms with Crippen LogP contribution in [0.3, 0.4) is 0 Å². The van der Waals surface area contributed by atoms with Crippen LogP contribution in [0.5, 0.6) is 0 Å². The Morgan fingerprint density at radius 1 is 1.16 bits per heavy atom.